The van der Waals surface area contributed by atoms with Gasteiger partial charge >= 0.3 is 0 Å². The van der Waals surface area contributed by atoms with Gasteiger partial charge in [-0.2, -0.15) is 0 Å². The fourth-order valence-electron chi connectivity index (χ4n) is 10.2. The summed E-state index contributed by atoms with van der Waals surface area (Å²) in [6.45, 7) is 11.0. The van der Waals surface area contributed by atoms with Crippen LogP contribution in [0.4, 0.5) is 0 Å². The van der Waals surface area contributed by atoms with Crippen LogP contribution in [-0.4, -0.2) is 45.0 Å². The topological polar surface area (TPSA) is 67.4 Å². The molecule has 2 heterocycles. The van der Waals surface area contributed by atoms with Gasteiger partial charge in [0.25, 0.3) is 0 Å². The number of nitrogens with one attached hydrogen (secondary N) is 2. The van der Waals surface area contributed by atoms with E-state index in [1.807, 2.05) is 0 Å². The Labute approximate surface area is 213 Å². The van der Waals surface area contributed by atoms with Gasteiger partial charge in [0.1, 0.15) is 0 Å². The van der Waals surface area contributed by atoms with E-state index in [0.29, 0.717) is 35.3 Å². The van der Waals surface area contributed by atoms with E-state index < -0.39 is 10.0 Å². The minimum absolute atomic E-state index is 0.0276. The van der Waals surface area contributed by atoms with Gasteiger partial charge in [0.15, 0.2) is 0 Å². The monoisotopic (exact) mass is 504 g/mol. The van der Waals surface area contributed by atoms with Crippen LogP contribution in [-0.2, 0) is 14.8 Å². The van der Waals surface area contributed by atoms with E-state index in [1.54, 1.807) is 11.1 Å². The average Bonchev–Trinajstić information content (AvgIpc) is 3.23. The van der Waals surface area contributed by atoms with Gasteiger partial charge < -0.3 is 10.1 Å². The molecule has 5 fully saturated rings. The van der Waals surface area contributed by atoms with Crippen molar-refractivity contribution in [2.75, 3.05) is 12.8 Å². The van der Waals surface area contributed by atoms with Gasteiger partial charge in [0.05, 0.1) is 18.0 Å². The van der Waals surface area contributed by atoms with E-state index in [9.17, 15) is 8.42 Å². The number of hydrogen-bond acceptors (Lipinski definition) is 4. The molecule has 3 saturated carbocycles. The maximum absolute atomic E-state index is 11.9. The van der Waals surface area contributed by atoms with Crippen molar-refractivity contribution < 1.29 is 13.2 Å². The molecule has 0 radical (unpaired) electrons. The molecule has 198 valence electrons. The van der Waals surface area contributed by atoms with Crippen LogP contribution < -0.4 is 10.0 Å². The zero-order chi connectivity index (χ0) is 24.8. The van der Waals surface area contributed by atoms with Crippen LogP contribution in [0.25, 0.3) is 0 Å². The third-order valence-electron chi connectivity index (χ3n) is 12.0. The SMILES string of the molecule is CC1=C2CC3C(CCC4CC(NS(C)(=O)=O)CC[C@@]43C)C2CC[C@@]2(C1)OC1CC(C)CNC1C2C. The summed E-state index contributed by atoms with van der Waals surface area (Å²) in [6, 6.07) is 0.660. The number of fused-ring (bicyclic) bond motifs is 6. The summed E-state index contributed by atoms with van der Waals surface area (Å²) in [7, 11) is -3.13. The third kappa shape index (κ3) is 4.08. The van der Waals surface area contributed by atoms with Gasteiger partial charge in [-0.05, 0) is 113 Å². The van der Waals surface area contributed by atoms with Gasteiger partial charge in [-0.15, -0.1) is 0 Å². The van der Waals surface area contributed by atoms with Gasteiger partial charge in [0.2, 0.25) is 10.0 Å². The lowest BCUT2D eigenvalue weighted by Gasteiger charge is -2.54. The highest BCUT2D eigenvalue weighted by Gasteiger charge is 2.59. The van der Waals surface area contributed by atoms with E-state index in [1.165, 1.54) is 51.2 Å². The van der Waals surface area contributed by atoms with Crippen LogP contribution in [0.5, 0.6) is 0 Å². The zero-order valence-corrected chi connectivity index (χ0v) is 23.4. The predicted octanol–water partition coefficient (Wildman–Crippen LogP) is 5.03. The summed E-state index contributed by atoms with van der Waals surface area (Å²) in [6.07, 6.45) is 13.6. The van der Waals surface area contributed by atoms with Gasteiger partial charge in [0, 0.05) is 18.0 Å². The van der Waals surface area contributed by atoms with Crippen molar-refractivity contribution in [3.05, 3.63) is 11.1 Å². The summed E-state index contributed by atoms with van der Waals surface area (Å²) in [5.74, 6) is 4.28. The molecule has 2 aliphatic heterocycles. The molecule has 0 aromatic heterocycles. The molecule has 0 amide bonds. The molecule has 6 aliphatic rings. The van der Waals surface area contributed by atoms with Crippen LogP contribution in [0.1, 0.15) is 91.9 Å². The fourth-order valence-corrected chi connectivity index (χ4v) is 11.1. The Morgan fingerprint density at radius 2 is 1.89 bits per heavy atom. The highest BCUT2D eigenvalue weighted by molar-refractivity contribution is 7.88. The molecule has 6 heteroatoms. The standard InChI is InChI=1S/C29H48N2O3S/c1-17-12-26-27(30-16-17)19(3)29(34-26)11-9-22-23-7-6-20-13-21(31-35(5,32)33)8-10-28(20,4)25(23)14-24(22)18(2)15-29/h17,19-23,25-27,30-31H,6-16H2,1-5H3/t17?,19?,20?,21?,22?,23?,25?,26?,27?,28-,29-/m0/s1. The molecule has 0 aromatic rings. The number of allylic oxidation sites excluding steroid dienone is 1. The molecule has 11 atom stereocenters. The lowest BCUT2D eigenvalue weighted by Crippen LogP contribution is -2.50. The fraction of sp³-hybridized carbons (Fsp3) is 0.931. The summed E-state index contributed by atoms with van der Waals surface area (Å²) in [5.41, 5.74) is 3.83. The second-order valence-corrected chi connectivity index (χ2v) is 15.8. The molecule has 2 N–H and O–H groups in total. The molecule has 35 heavy (non-hydrogen) atoms. The normalized spacial score (nSPS) is 52.0. The highest BCUT2D eigenvalue weighted by atomic mass is 32.2. The van der Waals surface area contributed by atoms with Gasteiger partial charge in [-0.1, -0.05) is 31.9 Å². The van der Waals surface area contributed by atoms with Crippen molar-refractivity contribution in [2.45, 2.75) is 116 Å². The Hall–Kier alpha value is -0.430. The molecule has 1 spiro atoms. The van der Waals surface area contributed by atoms with Crippen LogP contribution in [0, 0.1) is 40.9 Å². The largest absolute Gasteiger partial charge is 0.369 e. The minimum Gasteiger partial charge on any atom is -0.369 e. The Morgan fingerprint density at radius 1 is 1.09 bits per heavy atom. The van der Waals surface area contributed by atoms with E-state index in [4.69, 9.17) is 4.74 Å². The molecule has 0 bridgehead atoms. The quantitative estimate of drug-likeness (QED) is 0.518. The van der Waals surface area contributed by atoms with E-state index in [0.717, 1.165) is 43.6 Å². The lowest BCUT2D eigenvalue weighted by molar-refractivity contribution is -0.0746. The van der Waals surface area contributed by atoms with Crippen LogP contribution in [0.15, 0.2) is 11.1 Å². The maximum Gasteiger partial charge on any atom is 0.208 e. The van der Waals surface area contributed by atoms with Crippen molar-refractivity contribution >= 4 is 10.0 Å². The van der Waals surface area contributed by atoms with E-state index >= 15 is 0 Å². The number of piperidine rings is 1. The van der Waals surface area contributed by atoms with Crippen molar-refractivity contribution in [3.63, 3.8) is 0 Å². The first-order valence-corrected chi connectivity index (χ1v) is 16.5. The molecule has 5 nitrogen and oxygen atoms in total. The number of ether oxygens (including phenoxy) is 1. The van der Waals surface area contributed by atoms with Crippen molar-refractivity contribution in [1.82, 2.24) is 10.0 Å². The van der Waals surface area contributed by atoms with Crippen LogP contribution in [0.3, 0.4) is 0 Å². The second-order valence-electron chi connectivity index (χ2n) is 14.0. The van der Waals surface area contributed by atoms with Gasteiger partial charge in [-0.25, -0.2) is 13.1 Å². The van der Waals surface area contributed by atoms with Gasteiger partial charge in [-0.3, -0.25) is 0 Å². The summed E-state index contributed by atoms with van der Waals surface area (Å²) in [5, 5.41) is 3.85. The number of rotatable bonds is 2. The predicted molar refractivity (Wildman–Crippen MR) is 140 cm³/mol. The first kappa shape index (κ1) is 24.9. The average molecular weight is 505 g/mol. The molecule has 6 rings (SSSR count). The van der Waals surface area contributed by atoms with E-state index in [-0.39, 0.29) is 11.6 Å². The smallest absolute Gasteiger partial charge is 0.208 e. The molecule has 0 aromatic carbocycles. The first-order valence-electron chi connectivity index (χ1n) is 14.6. The second kappa shape index (κ2) is 8.54. The molecular formula is C29H48N2O3S. The third-order valence-corrected chi connectivity index (χ3v) is 12.8. The van der Waals surface area contributed by atoms with Crippen molar-refractivity contribution in [2.24, 2.45) is 40.9 Å². The highest BCUT2D eigenvalue weighted by Crippen LogP contribution is 2.65. The molecule has 2 saturated heterocycles. The lowest BCUT2D eigenvalue weighted by atomic mass is 9.52. The van der Waals surface area contributed by atoms with Crippen molar-refractivity contribution in [3.8, 4) is 0 Å². The Morgan fingerprint density at radius 3 is 2.66 bits per heavy atom. The summed E-state index contributed by atoms with van der Waals surface area (Å²) in [4.78, 5) is 0. The van der Waals surface area contributed by atoms with Crippen molar-refractivity contribution in [1.29, 1.82) is 0 Å². The van der Waals surface area contributed by atoms with Crippen LogP contribution >= 0.6 is 0 Å². The number of hydrogen-bond donors (Lipinski definition) is 2. The molecule has 9 unspecified atom stereocenters. The number of sulfonamides is 1. The zero-order valence-electron chi connectivity index (χ0n) is 22.6. The summed E-state index contributed by atoms with van der Waals surface area (Å²) >= 11 is 0. The summed E-state index contributed by atoms with van der Waals surface area (Å²) < 4.78 is 33.7. The minimum atomic E-state index is -3.13. The Balaban J connectivity index is 1.22. The molecular weight excluding hydrogens is 456 g/mol. The molecule has 4 aliphatic carbocycles. The first-order chi connectivity index (χ1) is 16.5. The Kier molecular flexibility index (Phi) is 6.07. The maximum atomic E-state index is 11.9. The Bertz CT molecular complexity index is 994. The van der Waals surface area contributed by atoms with E-state index in [2.05, 4.69) is 37.7 Å². The van der Waals surface area contributed by atoms with Crippen LogP contribution in [0.2, 0.25) is 0 Å².